The third-order valence-electron chi connectivity index (χ3n) is 6.30. The molecule has 2 heterocycles. The molecular weight excluding hydrogens is 546 g/mol. The first-order valence-electron chi connectivity index (χ1n) is 11.6. The van der Waals surface area contributed by atoms with E-state index in [1.165, 1.54) is 43.6 Å². The molecule has 0 radical (unpaired) electrons. The molecule has 10 nitrogen and oxygen atoms in total. The number of nitrogen functional groups attached to an aromatic ring is 1. The molecule has 3 N–H and O–H groups in total. The molecule has 13 heteroatoms. The van der Waals surface area contributed by atoms with Gasteiger partial charge in [0.05, 0.1) is 9.82 Å². The smallest absolute Gasteiger partial charge is 0.334 e. The third kappa shape index (κ3) is 4.45. The summed E-state index contributed by atoms with van der Waals surface area (Å²) in [6.07, 6.45) is 1.34. The summed E-state index contributed by atoms with van der Waals surface area (Å²) in [5.41, 5.74) is 5.21. The van der Waals surface area contributed by atoms with Gasteiger partial charge in [-0.25, -0.2) is 17.2 Å². The lowest BCUT2D eigenvalue weighted by Gasteiger charge is -2.15. The van der Waals surface area contributed by atoms with Gasteiger partial charge in [-0.3, -0.25) is 14.9 Å². The molecule has 0 aliphatic carbocycles. The van der Waals surface area contributed by atoms with Gasteiger partial charge in [-0.05, 0) is 49.4 Å². The highest BCUT2D eigenvalue weighted by Crippen LogP contribution is 2.46. The Kier molecular flexibility index (Phi) is 6.38. The molecule has 0 fully saturated rings. The Morgan fingerprint density at radius 1 is 1.02 bits per heavy atom. The average molecular weight is 567 g/mol. The van der Waals surface area contributed by atoms with Gasteiger partial charge in [-0.2, -0.15) is 0 Å². The maximum absolute atomic E-state index is 14.5. The number of pyridine rings is 1. The van der Waals surface area contributed by atoms with Crippen LogP contribution < -0.4 is 16.0 Å². The maximum Gasteiger partial charge on any atom is 0.334 e. The van der Waals surface area contributed by atoms with Crippen molar-refractivity contribution in [1.29, 1.82) is 0 Å². The first-order valence-corrected chi connectivity index (χ1v) is 13.1. The van der Waals surface area contributed by atoms with Crippen LogP contribution in [0.1, 0.15) is 5.56 Å². The molecule has 0 spiro atoms. The van der Waals surface area contributed by atoms with Crippen LogP contribution in [0, 0.1) is 28.7 Å². The second-order valence-corrected chi connectivity index (χ2v) is 10.9. The fraction of sp³-hybridized carbons (Fsp3) is 0.0741. The number of hydrogen-bond acceptors (Lipinski definition) is 7. The zero-order valence-corrected chi connectivity index (χ0v) is 21.8. The van der Waals surface area contributed by atoms with Crippen molar-refractivity contribution in [2.75, 3.05) is 5.73 Å². The van der Waals surface area contributed by atoms with Crippen molar-refractivity contribution >= 4 is 32.1 Å². The number of nitro benzene ring substituents is 1. The van der Waals surface area contributed by atoms with Crippen molar-refractivity contribution in [3.63, 3.8) is 0 Å². The van der Waals surface area contributed by atoms with Crippen LogP contribution in [-0.4, -0.2) is 22.9 Å². The van der Waals surface area contributed by atoms with Crippen LogP contribution >= 0.6 is 0 Å². The minimum Gasteiger partial charge on any atom is -0.446 e. The van der Waals surface area contributed by atoms with Crippen LogP contribution in [0.5, 0.6) is 11.5 Å². The van der Waals surface area contributed by atoms with Crippen LogP contribution in [0.2, 0.25) is 0 Å². The number of aromatic nitrogens is 2. The predicted molar refractivity (Wildman–Crippen MR) is 143 cm³/mol. The normalized spacial score (nSPS) is 11.6. The lowest BCUT2D eigenvalue weighted by molar-refractivity contribution is -0.384. The molecule has 5 rings (SSSR count). The van der Waals surface area contributed by atoms with Gasteiger partial charge in [0.1, 0.15) is 22.0 Å². The van der Waals surface area contributed by atoms with Crippen molar-refractivity contribution in [3.05, 3.63) is 105 Å². The van der Waals surface area contributed by atoms with Gasteiger partial charge in [0, 0.05) is 35.8 Å². The summed E-state index contributed by atoms with van der Waals surface area (Å²) in [7, 11) is -2.68. The number of nitro groups is 1. The van der Waals surface area contributed by atoms with E-state index in [0.29, 0.717) is 6.07 Å². The summed E-state index contributed by atoms with van der Waals surface area (Å²) < 4.78 is 61.5. The number of rotatable bonds is 6. The lowest BCUT2D eigenvalue weighted by Crippen LogP contribution is -2.17. The van der Waals surface area contributed by atoms with Gasteiger partial charge in [-0.1, -0.05) is 17.7 Å². The Morgan fingerprint density at radius 3 is 2.38 bits per heavy atom. The molecule has 0 aliphatic rings. The highest BCUT2D eigenvalue weighted by molar-refractivity contribution is 7.91. The summed E-state index contributed by atoms with van der Waals surface area (Å²) in [5, 5.41) is 11.8. The molecule has 2 aromatic heterocycles. The number of nitrogens with two attached hydrogens (primary N) is 1. The van der Waals surface area contributed by atoms with Crippen molar-refractivity contribution < 1.29 is 26.9 Å². The van der Waals surface area contributed by atoms with Crippen molar-refractivity contribution in [2.45, 2.75) is 16.8 Å². The van der Waals surface area contributed by atoms with E-state index in [4.69, 9.17) is 10.5 Å². The van der Waals surface area contributed by atoms with Gasteiger partial charge in [-0.15, -0.1) is 0 Å². The van der Waals surface area contributed by atoms with Crippen LogP contribution in [-0.2, 0) is 16.9 Å². The molecule has 0 saturated heterocycles. The number of fused-ring (bicyclic) bond motifs is 1. The Morgan fingerprint density at radius 2 is 1.73 bits per heavy atom. The van der Waals surface area contributed by atoms with Crippen LogP contribution in [0.25, 0.3) is 22.0 Å². The van der Waals surface area contributed by atoms with Crippen molar-refractivity contribution in [3.8, 4) is 22.6 Å². The van der Waals surface area contributed by atoms with E-state index >= 15 is 0 Å². The van der Waals surface area contributed by atoms with Gasteiger partial charge in [0.15, 0.2) is 11.6 Å². The van der Waals surface area contributed by atoms with Crippen LogP contribution in [0.4, 0.5) is 20.2 Å². The van der Waals surface area contributed by atoms with Crippen LogP contribution in [0.3, 0.4) is 0 Å². The summed E-state index contributed by atoms with van der Waals surface area (Å²) >= 11 is 0. The summed E-state index contributed by atoms with van der Waals surface area (Å²) in [5.74, 6) is -3.02. The molecule has 0 aliphatic heterocycles. The van der Waals surface area contributed by atoms with E-state index in [1.807, 2.05) is 0 Å². The van der Waals surface area contributed by atoms with Gasteiger partial charge in [0.25, 0.3) is 5.56 Å². The van der Waals surface area contributed by atoms with Gasteiger partial charge in [0.2, 0.25) is 15.6 Å². The van der Waals surface area contributed by atoms with Gasteiger partial charge >= 0.3 is 5.69 Å². The predicted octanol–water partition coefficient (Wildman–Crippen LogP) is 5.24. The van der Waals surface area contributed by atoms with E-state index in [2.05, 4.69) is 4.98 Å². The van der Waals surface area contributed by atoms with Gasteiger partial charge < -0.3 is 20.0 Å². The highest BCUT2D eigenvalue weighted by atomic mass is 32.2. The number of nitrogens with zero attached hydrogens (tertiary/aromatic N) is 2. The van der Waals surface area contributed by atoms with E-state index in [9.17, 15) is 32.1 Å². The van der Waals surface area contributed by atoms with E-state index in [0.717, 1.165) is 22.3 Å². The third-order valence-corrected chi connectivity index (χ3v) is 7.99. The molecule has 0 unspecified atom stereocenters. The number of hydrogen-bond donors (Lipinski definition) is 2. The molecule has 40 heavy (non-hydrogen) atoms. The molecule has 204 valence electrons. The number of nitrogens with one attached hydrogen (secondary N) is 1. The second kappa shape index (κ2) is 9.61. The number of ether oxygens (including phenoxy) is 1. The molecule has 3 aromatic carbocycles. The van der Waals surface area contributed by atoms with Crippen LogP contribution in [0.15, 0.2) is 81.6 Å². The number of H-pyrrole nitrogens is 1. The Bertz CT molecular complexity index is 2000. The molecule has 0 amide bonds. The number of halogens is 2. The van der Waals surface area contributed by atoms with E-state index in [1.54, 1.807) is 19.1 Å². The summed E-state index contributed by atoms with van der Waals surface area (Å²) in [6, 6.07) is 12.4. The molecular formula is C27H20F2N4O6S. The number of benzene rings is 3. The van der Waals surface area contributed by atoms with E-state index < -0.39 is 49.1 Å². The number of anilines is 1. The number of sulfone groups is 1. The van der Waals surface area contributed by atoms with E-state index in [-0.39, 0.29) is 37.6 Å². The Balaban J connectivity index is 1.79. The molecule has 0 atom stereocenters. The Labute approximate surface area is 225 Å². The zero-order chi connectivity index (χ0) is 28.9. The average Bonchev–Trinajstić information content (AvgIpc) is 3.35. The summed E-state index contributed by atoms with van der Waals surface area (Å²) in [6.45, 7) is 1.80. The molecule has 5 aromatic rings. The lowest BCUT2D eigenvalue weighted by atomic mass is 10.0. The second-order valence-electron chi connectivity index (χ2n) is 9.01. The standard InChI is InChI=1S/C27H20F2N4O6S/c1-14-3-6-16(7-4-14)40(37,38)23-12-18-19(13-32(2)27(34)24(18)31-23)17-8-9-21(30)25(33(35)36)26(17)39-22-10-5-15(28)11-20(22)29/h3-13,31H,30H2,1-2H3. The largest absolute Gasteiger partial charge is 0.446 e. The quantitative estimate of drug-likeness (QED) is 0.162. The first-order chi connectivity index (χ1) is 18.9. The monoisotopic (exact) mass is 566 g/mol. The summed E-state index contributed by atoms with van der Waals surface area (Å²) in [4.78, 5) is 26.9. The first kappa shape index (κ1) is 26.6. The molecule has 0 saturated carbocycles. The maximum atomic E-state index is 14.5. The molecule has 0 bridgehead atoms. The highest BCUT2D eigenvalue weighted by Gasteiger charge is 2.29. The SMILES string of the molecule is Cc1ccc(S(=O)(=O)c2cc3c(-c4ccc(N)c([N+](=O)[O-])c4Oc4ccc(F)cc4F)cn(C)c(=O)c3[nH]2)cc1. The number of aryl methyl sites for hydroxylation is 2. The fourth-order valence-electron chi connectivity index (χ4n) is 4.27. The van der Waals surface area contributed by atoms with Crippen molar-refractivity contribution in [2.24, 2.45) is 7.05 Å². The Hall–Kier alpha value is -5.04. The fourth-order valence-corrected chi connectivity index (χ4v) is 5.53. The topological polar surface area (TPSA) is 150 Å². The zero-order valence-electron chi connectivity index (χ0n) is 20.9. The van der Waals surface area contributed by atoms with Crippen molar-refractivity contribution in [1.82, 2.24) is 9.55 Å². The minimum absolute atomic E-state index is 0.00325. The number of aromatic amines is 1. The minimum atomic E-state index is -4.09.